The summed E-state index contributed by atoms with van der Waals surface area (Å²) in [4.78, 5) is 14.0. The van der Waals surface area contributed by atoms with Crippen LogP contribution in [0.5, 0.6) is 0 Å². The molecule has 0 spiro atoms. The van der Waals surface area contributed by atoms with E-state index in [1.165, 1.54) is 96.3 Å². The van der Waals surface area contributed by atoms with Crippen molar-refractivity contribution < 1.29 is 4.79 Å². The minimum atomic E-state index is 0.294. The van der Waals surface area contributed by atoms with Crippen LogP contribution in [0.15, 0.2) is 0 Å². The third-order valence-corrected chi connectivity index (χ3v) is 5.17. The zero-order chi connectivity index (χ0) is 16.0. The third-order valence-electron chi connectivity index (χ3n) is 5.17. The molecule has 0 unspecified atom stereocenters. The average molecular weight is 310 g/mol. The highest BCUT2D eigenvalue weighted by Crippen LogP contribution is 2.23. The predicted molar refractivity (Wildman–Crippen MR) is 96.1 cm³/mol. The van der Waals surface area contributed by atoms with Crippen LogP contribution in [-0.4, -0.2) is 23.4 Å². The van der Waals surface area contributed by atoms with Gasteiger partial charge >= 0.3 is 0 Å². The molecule has 2 heteroatoms. The lowest BCUT2D eigenvalue weighted by Gasteiger charge is -2.33. The van der Waals surface area contributed by atoms with Gasteiger partial charge in [0.05, 0.1) is 0 Å². The van der Waals surface area contributed by atoms with Crippen LogP contribution in [0.3, 0.4) is 0 Å². The van der Waals surface area contributed by atoms with E-state index in [2.05, 4.69) is 11.8 Å². The molecule has 22 heavy (non-hydrogen) atoms. The molecule has 130 valence electrons. The zero-order valence-corrected chi connectivity index (χ0v) is 15.2. The topological polar surface area (TPSA) is 20.3 Å². The number of rotatable bonds is 12. The van der Waals surface area contributed by atoms with E-state index in [4.69, 9.17) is 0 Å². The van der Waals surface area contributed by atoms with Crippen LogP contribution in [0.4, 0.5) is 0 Å². The summed E-state index contributed by atoms with van der Waals surface area (Å²) in [5.41, 5.74) is 0. The SMILES string of the molecule is CCCCCCCCCCCCN(C(C)=O)C1CCCCC1. The number of hydrogen-bond donors (Lipinski definition) is 0. The summed E-state index contributed by atoms with van der Waals surface area (Å²) >= 11 is 0. The maximum Gasteiger partial charge on any atom is 0.219 e. The van der Waals surface area contributed by atoms with Crippen LogP contribution in [0.2, 0.25) is 0 Å². The van der Waals surface area contributed by atoms with Gasteiger partial charge in [0.1, 0.15) is 0 Å². The van der Waals surface area contributed by atoms with Crippen molar-refractivity contribution in [3.8, 4) is 0 Å². The first-order valence-electron chi connectivity index (χ1n) is 10.0. The molecule has 1 saturated carbocycles. The van der Waals surface area contributed by atoms with E-state index in [-0.39, 0.29) is 0 Å². The fourth-order valence-electron chi connectivity index (χ4n) is 3.76. The van der Waals surface area contributed by atoms with Crippen molar-refractivity contribution in [3.63, 3.8) is 0 Å². The molecule has 0 aliphatic heterocycles. The van der Waals surface area contributed by atoms with E-state index in [1.807, 2.05) is 0 Å². The molecular weight excluding hydrogens is 270 g/mol. The summed E-state index contributed by atoms with van der Waals surface area (Å²) in [5, 5.41) is 0. The van der Waals surface area contributed by atoms with E-state index >= 15 is 0 Å². The molecule has 0 aromatic heterocycles. The Bertz CT molecular complexity index is 271. The van der Waals surface area contributed by atoms with Gasteiger partial charge in [0.25, 0.3) is 0 Å². The molecule has 0 heterocycles. The Kier molecular flexibility index (Phi) is 11.5. The predicted octanol–water partition coefficient (Wildman–Crippen LogP) is 6.09. The third kappa shape index (κ3) is 8.80. The van der Waals surface area contributed by atoms with Gasteiger partial charge in [-0.05, 0) is 19.3 Å². The molecule has 1 aliphatic rings. The number of unbranched alkanes of at least 4 members (excludes halogenated alkanes) is 9. The smallest absolute Gasteiger partial charge is 0.219 e. The molecule has 1 amide bonds. The van der Waals surface area contributed by atoms with E-state index in [0.717, 1.165) is 6.54 Å². The first kappa shape index (κ1) is 19.5. The fraction of sp³-hybridized carbons (Fsp3) is 0.950. The van der Waals surface area contributed by atoms with E-state index in [0.29, 0.717) is 11.9 Å². The Labute approximate surface area is 139 Å². The zero-order valence-electron chi connectivity index (χ0n) is 15.2. The maximum absolute atomic E-state index is 11.9. The maximum atomic E-state index is 11.9. The molecular formula is C20H39NO. The molecule has 0 saturated heterocycles. The Morgan fingerprint density at radius 3 is 1.82 bits per heavy atom. The van der Waals surface area contributed by atoms with Crippen molar-refractivity contribution in [1.82, 2.24) is 4.90 Å². The Morgan fingerprint density at radius 1 is 0.818 bits per heavy atom. The largest absolute Gasteiger partial charge is 0.340 e. The molecule has 0 radical (unpaired) electrons. The van der Waals surface area contributed by atoms with Crippen molar-refractivity contribution in [2.45, 2.75) is 116 Å². The normalized spacial score (nSPS) is 15.9. The Hall–Kier alpha value is -0.530. The van der Waals surface area contributed by atoms with Crippen molar-refractivity contribution in [3.05, 3.63) is 0 Å². The highest BCUT2D eigenvalue weighted by Gasteiger charge is 2.22. The van der Waals surface area contributed by atoms with Gasteiger partial charge < -0.3 is 4.90 Å². The van der Waals surface area contributed by atoms with Crippen LogP contribution >= 0.6 is 0 Å². The lowest BCUT2D eigenvalue weighted by atomic mass is 9.94. The number of nitrogens with zero attached hydrogens (tertiary/aromatic N) is 1. The van der Waals surface area contributed by atoms with E-state index in [1.54, 1.807) is 6.92 Å². The lowest BCUT2D eigenvalue weighted by Crippen LogP contribution is -2.40. The number of amides is 1. The van der Waals surface area contributed by atoms with Gasteiger partial charge in [-0.1, -0.05) is 84.0 Å². The van der Waals surface area contributed by atoms with Crippen molar-refractivity contribution >= 4 is 5.91 Å². The Balaban J connectivity index is 2.00. The summed E-state index contributed by atoms with van der Waals surface area (Å²) in [7, 11) is 0. The van der Waals surface area contributed by atoms with Gasteiger partial charge in [-0.15, -0.1) is 0 Å². The first-order valence-corrected chi connectivity index (χ1v) is 10.0. The van der Waals surface area contributed by atoms with Crippen LogP contribution in [0.1, 0.15) is 110 Å². The van der Waals surface area contributed by atoms with Gasteiger partial charge in [-0.2, -0.15) is 0 Å². The molecule has 0 N–H and O–H groups in total. The summed E-state index contributed by atoms with van der Waals surface area (Å²) in [6.45, 7) is 5.03. The number of carbonyl (C=O) groups is 1. The van der Waals surface area contributed by atoms with Crippen LogP contribution in [0, 0.1) is 0 Å². The molecule has 0 bridgehead atoms. The van der Waals surface area contributed by atoms with Crippen LogP contribution < -0.4 is 0 Å². The second kappa shape index (κ2) is 13.0. The highest BCUT2D eigenvalue weighted by atomic mass is 16.2. The molecule has 1 rings (SSSR count). The van der Waals surface area contributed by atoms with Crippen LogP contribution in [0.25, 0.3) is 0 Å². The van der Waals surface area contributed by atoms with Gasteiger partial charge in [-0.3, -0.25) is 4.79 Å². The van der Waals surface area contributed by atoms with Crippen molar-refractivity contribution in [2.24, 2.45) is 0 Å². The molecule has 1 fully saturated rings. The summed E-state index contributed by atoms with van der Waals surface area (Å²) in [5.74, 6) is 0.294. The average Bonchev–Trinajstić information content (AvgIpc) is 2.53. The van der Waals surface area contributed by atoms with Gasteiger partial charge in [-0.25, -0.2) is 0 Å². The second-order valence-corrected chi connectivity index (χ2v) is 7.19. The van der Waals surface area contributed by atoms with Crippen molar-refractivity contribution in [2.75, 3.05) is 6.54 Å². The molecule has 0 atom stereocenters. The Morgan fingerprint density at radius 2 is 1.32 bits per heavy atom. The van der Waals surface area contributed by atoms with E-state index in [9.17, 15) is 4.79 Å². The minimum Gasteiger partial charge on any atom is -0.340 e. The first-order chi connectivity index (χ1) is 10.8. The van der Waals surface area contributed by atoms with E-state index < -0.39 is 0 Å². The summed E-state index contributed by atoms with van der Waals surface area (Å²) in [6.07, 6.45) is 20.1. The standard InChI is InChI=1S/C20H39NO/c1-3-4-5-6-7-8-9-10-11-15-18-21(19(2)22)20-16-13-12-14-17-20/h20H,3-18H2,1-2H3. The fourth-order valence-corrected chi connectivity index (χ4v) is 3.76. The van der Waals surface area contributed by atoms with Gasteiger partial charge in [0, 0.05) is 19.5 Å². The second-order valence-electron chi connectivity index (χ2n) is 7.19. The monoisotopic (exact) mass is 309 g/mol. The quantitative estimate of drug-likeness (QED) is 0.399. The number of hydrogen-bond acceptors (Lipinski definition) is 1. The minimum absolute atomic E-state index is 0.294. The molecule has 0 aromatic carbocycles. The molecule has 1 aliphatic carbocycles. The molecule has 2 nitrogen and oxygen atoms in total. The highest BCUT2D eigenvalue weighted by molar-refractivity contribution is 5.73. The van der Waals surface area contributed by atoms with Crippen molar-refractivity contribution in [1.29, 1.82) is 0 Å². The van der Waals surface area contributed by atoms with Gasteiger partial charge in [0.2, 0.25) is 5.91 Å². The van der Waals surface area contributed by atoms with Crippen LogP contribution in [-0.2, 0) is 4.79 Å². The molecule has 0 aromatic rings. The van der Waals surface area contributed by atoms with Gasteiger partial charge in [0.15, 0.2) is 0 Å². The number of carbonyl (C=O) groups excluding carboxylic acids is 1. The lowest BCUT2D eigenvalue weighted by molar-refractivity contribution is -0.131. The summed E-state index contributed by atoms with van der Waals surface area (Å²) in [6, 6.07) is 0.546. The summed E-state index contributed by atoms with van der Waals surface area (Å²) < 4.78 is 0.